The number of carbonyl (C=O) groups excluding carboxylic acids is 3. The summed E-state index contributed by atoms with van der Waals surface area (Å²) >= 11 is 0. The Labute approximate surface area is 197 Å². The molecule has 0 radical (unpaired) electrons. The van der Waals surface area contributed by atoms with E-state index < -0.39 is 11.3 Å². The van der Waals surface area contributed by atoms with Gasteiger partial charge in [-0.2, -0.15) is 0 Å². The molecule has 0 aromatic heterocycles. The lowest BCUT2D eigenvalue weighted by molar-refractivity contribution is -0.163. The Hall–Kier alpha value is -2.15. The van der Waals surface area contributed by atoms with Gasteiger partial charge in [0.25, 0.3) is 0 Å². The quantitative estimate of drug-likeness (QED) is 0.430. The molecule has 182 valence electrons. The number of ether oxygens (including phenoxy) is 2. The summed E-state index contributed by atoms with van der Waals surface area (Å²) in [5, 5.41) is 0. The molecular formula is C26H38N2O5. The van der Waals surface area contributed by atoms with Gasteiger partial charge in [-0.15, -0.1) is 0 Å². The van der Waals surface area contributed by atoms with Crippen molar-refractivity contribution >= 4 is 17.8 Å². The highest BCUT2D eigenvalue weighted by Gasteiger charge is 2.54. The molecule has 7 nitrogen and oxygen atoms in total. The number of hydrogen-bond donors (Lipinski definition) is 0. The van der Waals surface area contributed by atoms with Gasteiger partial charge in [0.1, 0.15) is 5.41 Å². The summed E-state index contributed by atoms with van der Waals surface area (Å²) in [4.78, 5) is 43.7. The fraction of sp³-hybridized carbons (Fsp3) is 0.731. The maximum absolute atomic E-state index is 13.7. The van der Waals surface area contributed by atoms with Crippen LogP contribution in [0.2, 0.25) is 0 Å². The molecule has 2 atom stereocenters. The summed E-state index contributed by atoms with van der Waals surface area (Å²) in [7, 11) is 0. The Morgan fingerprint density at radius 3 is 2.67 bits per heavy atom. The zero-order valence-corrected chi connectivity index (χ0v) is 20.0. The Kier molecular flexibility index (Phi) is 7.89. The Bertz CT molecular complexity index is 813. The number of nitrogens with zero attached hydrogens (tertiary/aromatic N) is 2. The average Bonchev–Trinajstić information content (AvgIpc) is 2.85. The summed E-state index contributed by atoms with van der Waals surface area (Å²) < 4.78 is 10.9. The lowest BCUT2D eigenvalue weighted by Crippen LogP contribution is -2.55. The summed E-state index contributed by atoms with van der Waals surface area (Å²) in [6.07, 6.45) is 12.8. The van der Waals surface area contributed by atoms with Crippen molar-refractivity contribution in [2.24, 2.45) is 11.3 Å². The fourth-order valence-electron chi connectivity index (χ4n) is 5.88. The number of fused-ring (bicyclic) bond motifs is 1. The van der Waals surface area contributed by atoms with Crippen molar-refractivity contribution < 1.29 is 23.9 Å². The lowest BCUT2D eigenvalue weighted by Gasteiger charge is -2.48. The summed E-state index contributed by atoms with van der Waals surface area (Å²) in [5.74, 6) is -0.774. The summed E-state index contributed by atoms with van der Waals surface area (Å²) in [5.41, 5.74) is 1.40. The molecule has 2 fully saturated rings. The van der Waals surface area contributed by atoms with Crippen LogP contribution in [-0.4, -0.2) is 67.0 Å². The van der Waals surface area contributed by atoms with Crippen molar-refractivity contribution in [2.75, 3.05) is 39.5 Å². The third-order valence-electron chi connectivity index (χ3n) is 7.63. The van der Waals surface area contributed by atoms with E-state index in [0.29, 0.717) is 52.3 Å². The number of likely N-dealkylation sites (tertiary alicyclic amines) is 1. The van der Waals surface area contributed by atoms with Crippen LogP contribution in [-0.2, 0) is 23.9 Å². The van der Waals surface area contributed by atoms with E-state index in [-0.39, 0.29) is 24.2 Å². The molecule has 2 heterocycles. The molecule has 0 bridgehead atoms. The van der Waals surface area contributed by atoms with Gasteiger partial charge in [0.2, 0.25) is 11.8 Å². The van der Waals surface area contributed by atoms with E-state index in [2.05, 4.69) is 12.2 Å². The Morgan fingerprint density at radius 2 is 1.94 bits per heavy atom. The van der Waals surface area contributed by atoms with E-state index in [1.54, 1.807) is 4.90 Å². The van der Waals surface area contributed by atoms with Crippen LogP contribution in [0, 0.1) is 11.3 Å². The summed E-state index contributed by atoms with van der Waals surface area (Å²) in [6.45, 7) is 4.89. The van der Waals surface area contributed by atoms with Crippen LogP contribution in [0.15, 0.2) is 23.4 Å². The highest BCUT2D eigenvalue weighted by molar-refractivity contribution is 5.92. The average molecular weight is 459 g/mol. The molecule has 0 spiro atoms. The molecule has 0 saturated carbocycles. The van der Waals surface area contributed by atoms with E-state index in [1.165, 1.54) is 18.4 Å². The van der Waals surface area contributed by atoms with Gasteiger partial charge in [0.15, 0.2) is 0 Å². The molecule has 4 aliphatic rings. The third kappa shape index (κ3) is 5.18. The Balaban J connectivity index is 1.59. The van der Waals surface area contributed by atoms with Gasteiger partial charge in [-0.1, -0.05) is 17.7 Å². The van der Waals surface area contributed by atoms with Gasteiger partial charge in [-0.3, -0.25) is 14.4 Å². The van der Waals surface area contributed by atoms with Crippen molar-refractivity contribution in [3.8, 4) is 0 Å². The molecule has 2 aliphatic carbocycles. The van der Waals surface area contributed by atoms with Gasteiger partial charge in [0.05, 0.1) is 19.8 Å². The predicted molar refractivity (Wildman–Crippen MR) is 124 cm³/mol. The smallest absolute Gasteiger partial charge is 0.318 e. The second-order valence-electron chi connectivity index (χ2n) is 9.73. The molecule has 2 saturated heterocycles. The highest BCUT2D eigenvalue weighted by Crippen LogP contribution is 2.50. The maximum Gasteiger partial charge on any atom is 0.318 e. The molecule has 33 heavy (non-hydrogen) atoms. The van der Waals surface area contributed by atoms with E-state index in [1.807, 2.05) is 11.8 Å². The molecule has 0 aromatic carbocycles. The standard InChI is InChI=1S/C26H38N2O5/c1-2-33-25(31)26-12-7-6-10-22(26)28(13-11-20-8-4-3-5-9-20)24(30)21(19-26)18-23(29)27-14-16-32-17-15-27/h8,10,21H,2-7,9,11-19H2,1H3/t21-,26+/m1/s1. The van der Waals surface area contributed by atoms with Crippen LogP contribution in [0.1, 0.15) is 71.1 Å². The number of allylic oxidation sites excluding steroid dienone is 2. The van der Waals surface area contributed by atoms with Crippen molar-refractivity contribution in [1.29, 1.82) is 0 Å². The first-order valence-electron chi connectivity index (χ1n) is 12.8. The minimum Gasteiger partial charge on any atom is -0.465 e. The van der Waals surface area contributed by atoms with Gasteiger partial charge in [-0.05, 0) is 64.7 Å². The molecule has 4 rings (SSSR count). The van der Waals surface area contributed by atoms with Crippen LogP contribution >= 0.6 is 0 Å². The number of carbonyl (C=O) groups is 3. The molecule has 0 aromatic rings. The molecule has 2 amide bonds. The first-order valence-corrected chi connectivity index (χ1v) is 12.8. The second-order valence-corrected chi connectivity index (χ2v) is 9.73. The number of rotatable bonds is 7. The SMILES string of the molecule is CCOC(=O)[C@]12CCCC=C1N(CCC1=CCCCC1)C(=O)[C@H](CC(=O)N1CCOCC1)C2. The number of piperidine rings is 1. The van der Waals surface area contributed by atoms with Crippen molar-refractivity contribution in [3.05, 3.63) is 23.4 Å². The zero-order valence-electron chi connectivity index (χ0n) is 20.0. The molecule has 7 heteroatoms. The van der Waals surface area contributed by atoms with Gasteiger partial charge < -0.3 is 19.3 Å². The van der Waals surface area contributed by atoms with E-state index >= 15 is 0 Å². The minimum atomic E-state index is -0.820. The fourth-order valence-corrected chi connectivity index (χ4v) is 5.88. The van der Waals surface area contributed by atoms with E-state index in [4.69, 9.17) is 9.47 Å². The van der Waals surface area contributed by atoms with Crippen molar-refractivity contribution in [2.45, 2.75) is 71.1 Å². The molecular weight excluding hydrogens is 420 g/mol. The van der Waals surface area contributed by atoms with Crippen LogP contribution in [0.25, 0.3) is 0 Å². The second kappa shape index (κ2) is 10.9. The van der Waals surface area contributed by atoms with Crippen molar-refractivity contribution in [3.63, 3.8) is 0 Å². The topological polar surface area (TPSA) is 76.2 Å². The Morgan fingerprint density at radius 1 is 1.15 bits per heavy atom. The van der Waals surface area contributed by atoms with Crippen LogP contribution in [0.5, 0.6) is 0 Å². The van der Waals surface area contributed by atoms with E-state index in [9.17, 15) is 14.4 Å². The third-order valence-corrected chi connectivity index (χ3v) is 7.63. The monoisotopic (exact) mass is 458 g/mol. The lowest BCUT2D eigenvalue weighted by atomic mass is 9.66. The van der Waals surface area contributed by atoms with E-state index in [0.717, 1.165) is 37.8 Å². The molecule has 2 aliphatic heterocycles. The normalized spacial score (nSPS) is 28.0. The molecule has 0 unspecified atom stereocenters. The maximum atomic E-state index is 13.7. The van der Waals surface area contributed by atoms with Gasteiger partial charge in [-0.25, -0.2) is 0 Å². The largest absolute Gasteiger partial charge is 0.465 e. The first kappa shape index (κ1) is 24.0. The van der Waals surface area contributed by atoms with Crippen LogP contribution in [0.3, 0.4) is 0 Å². The van der Waals surface area contributed by atoms with Gasteiger partial charge >= 0.3 is 5.97 Å². The number of amides is 2. The number of hydrogen-bond acceptors (Lipinski definition) is 5. The van der Waals surface area contributed by atoms with Gasteiger partial charge in [0, 0.05) is 37.7 Å². The highest BCUT2D eigenvalue weighted by atomic mass is 16.5. The number of esters is 1. The molecule has 0 N–H and O–H groups in total. The van der Waals surface area contributed by atoms with Crippen LogP contribution < -0.4 is 0 Å². The number of morpholine rings is 1. The summed E-state index contributed by atoms with van der Waals surface area (Å²) in [6, 6.07) is 0. The van der Waals surface area contributed by atoms with Crippen molar-refractivity contribution in [1.82, 2.24) is 9.80 Å². The zero-order chi connectivity index (χ0) is 23.3. The predicted octanol–water partition coefficient (Wildman–Crippen LogP) is 3.59. The first-order chi connectivity index (χ1) is 16.0. The van der Waals surface area contributed by atoms with Crippen LogP contribution in [0.4, 0.5) is 0 Å². The minimum absolute atomic E-state index is 0.0129.